The number of halogens is 2. The van der Waals surface area contributed by atoms with Gasteiger partial charge >= 0.3 is 6.03 Å². The normalized spacial score (nSPS) is 18.7. The molecule has 3 heterocycles. The van der Waals surface area contributed by atoms with Crippen LogP contribution < -0.4 is 10.9 Å². The lowest BCUT2D eigenvalue weighted by molar-refractivity contribution is -0.131. The Labute approximate surface area is 178 Å². The number of nitrogens with one attached hydrogen (secondary N) is 1. The molecule has 3 amide bonds. The predicted octanol–water partition coefficient (Wildman–Crippen LogP) is 1.83. The molecular weight excluding hydrogens is 422 g/mol. The first-order valence-electron chi connectivity index (χ1n) is 9.64. The summed E-state index contributed by atoms with van der Waals surface area (Å²) in [5.74, 6) is -1.87. The summed E-state index contributed by atoms with van der Waals surface area (Å²) in [6.07, 6.45) is 0. The summed E-state index contributed by atoms with van der Waals surface area (Å²) in [7, 11) is 1.54. The lowest BCUT2D eigenvalue weighted by atomic mass is 9.91. The van der Waals surface area contributed by atoms with Crippen molar-refractivity contribution in [2.24, 2.45) is 7.05 Å². The molecular formula is C21H16F2N6O3. The molecule has 5 rings (SSSR count). The van der Waals surface area contributed by atoms with E-state index in [4.69, 9.17) is 0 Å². The summed E-state index contributed by atoms with van der Waals surface area (Å²) in [5, 5.41) is 11.0. The third kappa shape index (κ3) is 2.63. The van der Waals surface area contributed by atoms with Crippen molar-refractivity contribution in [3.05, 3.63) is 75.8 Å². The van der Waals surface area contributed by atoms with Gasteiger partial charge in [-0.2, -0.15) is 0 Å². The molecule has 32 heavy (non-hydrogen) atoms. The molecule has 0 saturated carbocycles. The second-order valence-corrected chi connectivity index (χ2v) is 7.70. The van der Waals surface area contributed by atoms with Gasteiger partial charge in [-0.15, -0.1) is 10.2 Å². The third-order valence-electron chi connectivity index (χ3n) is 5.73. The molecule has 9 nitrogen and oxygen atoms in total. The van der Waals surface area contributed by atoms with Gasteiger partial charge in [0.15, 0.2) is 5.82 Å². The van der Waals surface area contributed by atoms with Crippen molar-refractivity contribution in [2.75, 3.05) is 0 Å². The molecule has 1 atom stereocenters. The molecule has 4 aromatic rings. The SMILES string of the molecule is Cn1c(=O)c2ccccc2n2c(CN3C(=O)NC(C)(c4cc(F)ccc4F)C3=O)nnc12. The summed E-state index contributed by atoms with van der Waals surface area (Å²) < 4.78 is 31.0. The van der Waals surface area contributed by atoms with E-state index in [1.165, 1.54) is 11.5 Å². The Balaban J connectivity index is 1.61. The molecule has 1 fully saturated rings. The molecule has 2 aromatic carbocycles. The van der Waals surface area contributed by atoms with Crippen LogP contribution in [-0.2, 0) is 23.9 Å². The number of benzene rings is 2. The van der Waals surface area contributed by atoms with Crippen LogP contribution in [0.15, 0.2) is 47.3 Å². The number of carbonyl (C=O) groups is 2. The molecule has 11 heteroatoms. The minimum absolute atomic E-state index is 0.222. The van der Waals surface area contributed by atoms with E-state index in [0.717, 1.165) is 23.1 Å². The zero-order valence-corrected chi connectivity index (χ0v) is 17.0. The maximum Gasteiger partial charge on any atom is 0.325 e. The number of imide groups is 1. The Hall–Kier alpha value is -4.15. The fraction of sp³-hybridized carbons (Fsp3) is 0.190. The van der Waals surface area contributed by atoms with Crippen molar-refractivity contribution in [3.63, 3.8) is 0 Å². The number of hydrogen-bond acceptors (Lipinski definition) is 5. The first-order chi connectivity index (χ1) is 15.2. The van der Waals surface area contributed by atoms with E-state index in [2.05, 4.69) is 15.5 Å². The van der Waals surface area contributed by atoms with Crippen LogP contribution in [0.5, 0.6) is 0 Å². The highest BCUT2D eigenvalue weighted by Crippen LogP contribution is 2.32. The average Bonchev–Trinajstić information content (AvgIpc) is 3.29. The van der Waals surface area contributed by atoms with Gasteiger partial charge in [0.05, 0.1) is 17.4 Å². The van der Waals surface area contributed by atoms with Crippen molar-refractivity contribution in [1.29, 1.82) is 0 Å². The van der Waals surface area contributed by atoms with Gasteiger partial charge in [0, 0.05) is 12.6 Å². The lowest BCUT2D eigenvalue weighted by Crippen LogP contribution is -2.41. The Morgan fingerprint density at radius 1 is 1.06 bits per heavy atom. The number of amides is 3. The fourth-order valence-corrected chi connectivity index (χ4v) is 4.04. The Morgan fingerprint density at radius 3 is 2.59 bits per heavy atom. The standard InChI is InChI=1S/C21H16F2N6O3/c1-21(13-9-11(22)7-8-14(13)23)18(31)28(20(32)24-21)10-16-25-26-19-27(2)17(30)12-5-3-4-6-15(12)29(16)19/h3-9H,10H2,1-2H3,(H,24,32). The molecule has 1 N–H and O–H groups in total. The highest BCUT2D eigenvalue weighted by atomic mass is 19.1. The monoisotopic (exact) mass is 438 g/mol. The second-order valence-electron chi connectivity index (χ2n) is 7.70. The van der Waals surface area contributed by atoms with E-state index in [1.807, 2.05) is 0 Å². The maximum absolute atomic E-state index is 14.4. The Morgan fingerprint density at radius 2 is 1.81 bits per heavy atom. The summed E-state index contributed by atoms with van der Waals surface area (Å²) in [6, 6.07) is 8.74. The van der Waals surface area contributed by atoms with Gasteiger partial charge in [-0.3, -0.25) is 23.5 Å². The molecule has 0 aliphatic carbocycles. The Bertz CT molecular complexity index is 1510. The summed E-state index contributed by atoms with van der Waals surface area (Å²) in [6.45, 7) is 1.02. The molecule has 0 spiro atoms. The molecule has 1 unspecified atom stereocenters. The van der Waals surface area contributed by atoms with Gasteiger partial charge in [-0.1, -0.05) is 12.1 Å². The minimum Gasteiger partial charge on any atom is -0.319 e. The lowest BCUT2D eigenvalue weighted by Gasteiger charge is -2.22. The van der Waals surface area contributed by atoms with Crippen LogP contribution in [0.2, 0.25) is 0 Å². The quantitative estimate of drug-likeness (QED) is 0.492. The number of rotatable bonds is 3. The van der Waals surface area contributed by atoms with E-state index < -0.39 is 29.1 Å². The smallest absolute Gasteiger partial charge is 0.319 e. The van der Waals surface area contributed by atoms with Crippen molar-refractivity contribution in [1.82, 2.24) is 29.4 Å². The van der Waals surface area contributed by atoms with Crippen LogP contribution in [0, 0.1) is 11.6 Å². The molecule has 0 radical (unpaired) electrons. The largest absolute Gasteiger partial charge is 0.325 e. The summed E-state index contributed by atoms with van der Waals surface area (Å²) in [4.78, 5) is 39.3. The number of aryl methyl sites for hydroxylation is 1. The van der Waals surface area contributed by atoms with Gasteiger partial charge in [-0.25, -0.2) is 13.6 Å². The molecule has 0 bridgehead atoms. The number of nitrogens with zero attached hydrogens (tertiary/aromatic N) is 5. The highest BCUT2D eigenvalue weighted by Gasteiger charge is 2.50. The number of fused-ring (bicyclic) bond motifs is 3. The zero-order chi connectivity index (χ0) is 22.8. The van der Waals surface area contributed by atoms with E-state index in [0.29, 0.717) is 10.9 Å². The van der Waals surface area contributed by atoms with Crippen molar-refractivity contribution >= 4 is 28.6 Å². The van der Waals surface area contributed by atoms with Crippen molar-refractivity contribution in [2.45, 2.75) is 19.0 Å². The summed E-state index contributed by atoms with van der Waals surface area (Å²) in [5.41, 5.74) is -1.83. The number of carbonyl (C=O) groups excluding carboxylic acids is 2. The van der Waals surface area contributed by atoms with Gasteiger partial charge in [0.25, 0.3) is 11.5 Å². The van der Waals surface area contributed by atoms with Crippen LogP contribution in [0.1, 0.15) is 18.3 Å². The molecule has 1 aliphatic heterocycles. The minimum atomic E-state index is -1.79. The first-order valence-corrected chi connectivity index (χ1v) is 9.64. The molecule has 162 valence electrons. The molecule has 1 saturated heterocycles. The van der Waals surface area contributed by atoms with Gasteiger partial charge < -0.3 is 5.32 Å². The first kappa shape index (κ1) is 19.8. The average molecular weight is 438 g/mol. The topological polar surface area (TPSA) is 102 Å². The van der Waals surface area contributed by atoms with Crippen LogP contribution >= 0.6 is 0 Å². The van der Waals surface area contributed by atoms with Crippen molar-refractivity contribution < 1.29 is 18.4 Å². The highest BCUT2D eigenvalue weighted by molar-refractivity contribution is 6.07. The van der Waals surface area contributed by atoms with Gasteiger partial charge in [0.2, 0.25) is 5.78 Å². The van der Waals surface area contributed by atoms with Crippen molar-refractivity contribution in [3.8, 4) is 0 Å². The van der Waals surface area contributed by atoms with E-state index in [9.17, 15) is 23.2 Å². The maximum atomic E-state index is 14.4. The molecule has 2 aromatic heterocycles. The van der Waals surface area contributed by atoms with E-state index in [1.54, 1.807) is 35.7 Å². The number of hydrogen-bond donors (Lipinski definition) is 1. The Kier molecular flexibility index (Phi) is 4.13. The zero-order valence-electron chi connectivity index (χ0n) is 17.0. The van der Waals surface area contributed by atoms with Crippen LogP contribution in [-0.4, -0.2) is 36.0 Å². The number of urea groups is 1. The van der Waals surface area contributed by atoms with Crippen LogP contribution in [0.25, 0.3) is 16.7 Å². The number of para-hydroxylation sites is 1. The van der Waals surface area contributed by atoms with Crippen LogP contribution in [0.4, 0.5) is 13.6 Å². The van der Waals surface area contributed by atoms with E-state index >= 15 is 0 Å². The van der Waals surface area contributed by atoms with Gasteiger partial charge in [0.1, 0.15) is 17.2 Å². The van der Waals surface area contributed by atoms with Gasteiger partial charge in [-0.05, 0) is 37.3 Å². The van der Waals surface area contributed by atoms with E-state index in [-0.39, 0.29) is 29.3 Å². The molecule has 1 aliphatic rings. The second kappa shape index (κ2) is 6.67. The fourth-order valence-electron chi connectivity index (χ4n) is 4.04. The third-order valence-corrected chi connectivity index (χ3v) is 5.73. The summed E-state index contributed by atoms with van der Waals surface area (Å²) >= 11 is 0. The number of aromatic nitrogens is 4. The van der Waals surface area contributed by atoms with Crippen LogP contribution in [0.3, 0.4) is 0 Å². The predicted molar refractivity (Wildman–Crippen MR) is 109 cm³/mol.